The van der Waals surface area contributed by atoms with Gasteiger partial charge in [-0.25, -0.2) is 0 Å². The zero-order valence-corrected chi connectivity index (χ0v) is 13.4. The fraction of sp³-hybridized carbons (Fsp3) is 0.625. The summed E-state index contributed by atoms with van der Waals surface area (Å²) in [6, 6.07) is 3.64. The largest absolute Gasteiger partial charge is 0.467 e. The molecular weight excluding hydrogens is 282 g/mol. The molecule has 0 aromatic carbocycles. The van der Waals surface area contributed by atoms with Gasteiger partial charge in [-0.15, -0.1) is 0 Å². The molecule has 122 valence electrons. The number of nitrogens with one attached hydrogen (secondary N) is 1. The molecule has 1 aliphatic heterocycles. The van der Waals surface area contributed by atoms with Crippen molar-refractivity contribution in [1.82, 2.24) is 15.1 Å². The van der Waals surface area contributed by atoms with E-state index in [1.165, 1.54) is 0 Å². The zero-order chi connectivity index (χ0) is 15.9. The van der Waals surface area contributed by atoms with Gasteiger partial charge in [0.25, 0.3) is 0 Å². The van der Waals surface area contributed by atoms with Crippen molar-refractivity contribution >= 4 is 11.8 Å². The molecule has 1 aliphatic rings. The van der Waals surface area contributed by atoms with E-state index in [1.807, 2.05) is 6.07 Å². The first-order valence-corrected chi connectivity index (χ1v) is 7.94. The lowest BCUT2D eigenvalue weighted by molar-refractivity contribution is -0.129. The Morgan fingerprint density at radius 2 is 2.23 bits per heavy atom. The van der Waals surface area contributed by atoms with E-state index in [0.717, 1.165) is 25.4 Å². The van der Waals surface area contributed by atoms with Crippen LogP contribution in [-0.2, 0) is 16.1 Å². The zero-order valence-electron chi connectivity index (χ0n) is 13.4. The molecule has 1 saturated heterocycles. The first-order chi connectivity index (χ1) is 10.6. The van der Waals surface area contributed by atoms with Gasteiger partial charge in [-0.05, 0) is 25.2 Å². The van der Waals surface area contributed by atoms with Gasteiger partial charge >= 0.3 is 0 Å². The monoisotopic (exact) mass is 307 g/mol. The van der Waals surface area contributed by atoms with Crippen LogP contribution in [0.1, 0.15) is 26.0 Å². The van der Waals surface area contributed by atoms with Crippen LogP contribution >= 0.6 is 0 Å². The number of likely N-dealkylation sites (N-methyl/N-ethyl adjacent to an activating group) is 1. The fourth-order valence-electron chi connectivity index (χ4n) is 2.71. The number of hydrogen-bond acceptors (Lipinski definition) is 4. The molecule has 1 aromatic rings. The number of rotatable bonds is 8. The van der Waals surface area contributed by atoms with Crippen LogP contribution in [0.15, 0.2) is 22.8 Å². The van der Waals surface area contributed by atoms with E-state index in [9.17, 15) is 9.59 Å². The maximum Gasteiger partial charge on any atom is 0.225 e. The molecule has 2 heterocycles. The van der Waals surface area contributed by atoms with Gasteiger partial charge in [0.05, 0.1) is 18.7 Å². The van der Waals surface area contributed by atoms with Crippen LogP contribution < -0.4 is 5.32 Å². The van der Waals surface area contributed by atoms with Crippen molar-refractivity contribution in [3.63, 3.8) is 0 Å². The van der Waals surface area contributed by atoms with E-state index in [0.29, 0.717) is 19.6 Å². The highest BCUT2D eigenvalue weighted by Gasteiger charge is 2.34. The SMILES string of the molecule is CCN(CC)CCNC(=O)C1CC(=O)N(Cc2ccco2)C1. The highest BCUT2D eigenvalue weighted by molar-refractivity contribution is 5.89. The Morgan fingerprint density at radius 3 is 2.86 bits per heavy atom. The topological polar surface area (TPSA) is 65.8 Å². The Hall–Kier alpha value is -1.82. The molecule has 22 heavy (non-hydrogen) atoms. The Labute approximate surface area is 131 Å². The first-order valence-electron chi connectivity index (χ1n) is 7.94. The molecule has 0 bridgehead atoms. The second-order valence-corrected chi connectivity index (χ2v) is 5.57. The fourth-order valence-corrected chi connectivity index (χ4v) is 2.71. The van der Waals surface area contributed by atoms with Crippen molar-refractivity contribution in [3.8, 4) is 0 Å². The van der Waals surface area contributed by atoms with Crippen LogP contribution in [0, 0.1) is 5.92 Å². The van der Waals surface area contributed by atoms with Crippen molar-refractivity contribution in [3.05, 3.63) is 24.2 Å². The predicted octanol–water partition coefficient (Wildman–Crippen LogP) is 1.09. The van der Waals surface area contributed by atoms with Gasteiger partial charge < -0.3 is 19.5 Å². The number of carbonyl (C=O) groups excluding carboxylic acids is 2. The molecule has 6 nitrogen and oxygen atoms in total. The molecule has 0 aliphatic carbocycles. The minimum atomic E-state index is -0.251. The third-order valence-electron chi connectivity index (χ3n) is 4.13. The smallest absolute Gasteiger partial charge is 0.225 e. The van der Waals surface area contributed by atoms with Gasteiger partial charge in [-0.2, -0.15) is 0 Å². The number of nitrogens with zero attached hydrogens (tertiary/aromatic N) is 2. The molecule has 0 saturated carbocycles. The van der Waals surface area contributed by atoms with Crippen LogP contribution in [0.4, 0.5) is 0 Å². The number of carbonyl (C=O) groups is 2. The molecule has 1 atom stereocenters. The summed E-state index contributed by atoms with van der Waals surface area (Å²) in [5.74, 6) is 0.484. The molecule has 2 amide bonds. The second-order valence-electron chi connectivity index (χ2n) is 5.57. The summed E-state index contributed by atoms with van der Waals surface area (Å²) in [6.45, 7) is 8.54. The molecule has 2 rings (SSSR count). The van der Waals surface area contributed by atoms with E-state index < -0.39 is 0 Å². The summed E-state index contributed by atoms with van der Waals surface area (Å²) >= 11 is 0. The van der Waals surface area contributed by atoms with E-state index in [2.05, 4.69) is 24.1 Å². The summed E-state index contributed by atoms with van der Waals surface area (Å²) in [5, 5.41) is 2.94. The Bertz CT molecular complexity index is 483. The van der Waals surface area contributed by atoms with E-state index >= 15 is 0 Å². The van der Waals surface area contributed by atoms with Gasteiger partial charge in [-0.1, -0.05) is 13.8 Å². The molecule has 1 N–H and O–H groups in total. The average Bonchev–Trinajstić information content (AvgIpc) is 3.14. The Balaban J connectivity index is 1.76. The number of hydrogen-bond donors (Lipinski definition) is 1. The first kappa shape index (κ1) is 16.5. The highest BCUT2D eigenvalue weighted by atomic mass is 16.3. The van der Waals surface area contributed by atoms with Crippen LogP contribution in [0.3, 0.4) is 0 Å². The van der Waals surface area contributed by atoms with Gasteiger partial charge in [-0.3, -0.25) is 9.59 Å². The summed E-state index contributed by atoms with van der Waals surface area (Å²) in [4.78, 5) is 28.1. The van der Waals surface area contributed by atoms with Crippen molar-refractivity contribution in [2.24, 2.45) is 5.92 Å². The maximum absolute atomic E-state index is 12.2. The van der Waals surface area contributed by atoms with Crippen molar-refractivity contribution in [2.45, 2.75) is 26.8 Å². The quantitative estimate of drug-likeness (QED) is 0.781. The second kappa shape index (κ2) is 7.98. The summed E-state index contributed by atoms with van der Waals surface area (Å²) in [7, 11) is 0. The van der Waals surface area contributed by atoms with Crippen molar-refractivity contribution in [2.75, 3.05) is 32.7 Å². The molecule has 1 fully saturated rings. The Kier molecular flexibility index (Phi) is 6.00. The van der Waals surface area contributed by atoms with E-state index in [-0.39, 0.29) is 24.2 Å². The van der Waals surface area contributed by atoms with E-state index in [1.54, 1.807) is 17.2 Å². The van der Waals surface area contributed by atoms with Crippen LogP contribution in [-0.4, -0.2) is 54.3 Å². The standard InChI is InChI=1S/C16H25N3O3/c1-3-18(4-2)8-7-17-16(21)13-10-15(20)19(11-13)12-14-6-5-9-22-14/h5-6,9,13H,3-4,7-8,10-12H2,1-2H3,(H,17,21). The third-order valence-corrected chi connectivity index (χ3v) is 4.13. The molecule has 1 aromatic heterocycles. The van der Waals surface area contributed by atoms with Crippen LogP contribution in [0.2, 0.25) is 0 Å². The average molecular weight is 307 g/mol. The number of amides is 2. The van der Waals surface area contributed by atoms with Crippen LogP contribution in [0.5, 0.6) is 0 Å². The van der Waals surface area contributed by atoms with E-state index in [4.69, 9.17) is 4.42 Å². The highest BCUT2D eigenvalue weighted by Crippen LogP contribution is 2.20. The molecule has 1 unspecified atom stereocenters. The normalized spacial score (nSPS) is 18.2. The third kappa shape index (κ3) is 4.34. The van der Waals surface area contributed by atoms with Crippen molar-refractivity contribution in [1.29, 1.82) is 0 Å². The lowest BCUT2D eigenvalue weighted by atomic mass is 10.1. The maximum atomic E-state index is 12.2. The molecule has 6 heteroatoms. The van der Waals surface area contributed by atoms with Gasteiger partial charge in [0, 0.05) is 26.1 Å². The lowest BCUT2D eigenvalue weighted by Crippen LogP contribution is -2.38. The number of likely N-dealkylation sites (tertiary alicyclic amines) is 1. The van der Waals surface area contributed by atoms with Crippen molar-refractivity contribution < 1.29 is 14.0 Å². The summed E-state index contributed by atoms with van der Waals surface area (Å²) < 4.78 is 5.26. The predicted molar refractivity (Wildman–Crippen MR) is 83.0 cm³/mol. The minimum Gasteiger partial charge on any atom is -0.467 e. The molecule has 0 spiro atoms. The Morgan fingerprint density at radius 1 is 1.45 bits per heavy atom. The lowest BCUT2D eigenvalue weighted by Gasteiger charge is -2.19. The molecular formula is C16H25N3O3. The minimum absolute atomic E-state index is 0.0142. The van der Waals surface area contributed by atoms with Crippen LogP contribution in [0.25, 0.3) is 0 Å². The number of furan rings is 1. The van der Waals surface area contributed by atoms with Gasteiger partial charge in [0.2, 0.25) is 11.8 Å². The van der Waals surface area contributed by atoms with Gasteiger partial charge in [0.1, 0.15) is 5.76 Å². The summed E-state index contributed by atoms with van der Waals surface area (Å²) in [5.41, 5.74) is 0. The van der Waals surface area contributed by atoms with Gasteiger partial charge in [0.15, 0.2) is 0 Å². The molecule has 0 radical (unpaired) electrons. The summed E-state index contributed by atoms with van der Waals surface area (Å²) in [6.07, 6.45) is 1.88.